The van der Waals surface area contributed by atoms with E-state index in [9.17, 15) is 0 Å². The molecule has 2 aromatic rings. The van der Waals surface area contributed by atoms with Crippen molar-refractivity contribution in [3.05, 3.63) is 30.5 Å². The highest BCUT2D eigenvalue weighted by molar-refractivity contribution is 5.97. The first kappa shape index (κ1) is 14.2. The van der Waals surface area contributed by atoms with Gasteiger partial charge in [0.15, 0.2) is 0 Å². The molecule has 3 rings (SSSR count). The molecule has 112 valence electrons. The molecule has 1 fully saturated rings. The van der Waals surface area contributed by atoms with E-state index in [0.717, 1.165) is 36.1 Å². The van der Waals surface area contributed by atoms with Gasteiger partial charge in [-0.1, -0.05) is 32.0 Å². The fourth-order valence-corrected chi connectivity index (χ4v) is 3.51. The van der Waals surface area contributed by atoms with Crippen LogP contribution in [0.25, 0.3) is 10.9 Å². The Morgan fingerprint density at radius 3 is 2.81 bits per heavy atom. The molecule has 21 heavy (non-hydrogen) atoms. The van der Waals surface area contributed by atoms with Crippen molar-refractivity contribution < 1.29 is 0 Å². The van der Waals surface area contributed by atoms with Crippen LogP contribution in [0.4, 0.5) is 11.4 Å². The molecule has 1 aliphatic heterocycles. The number of benzene rings is 1. The lowest BCUT2D eigenvalue weighted by molar-refractivity contribution is 0.351. The van der Waals surface area contributed by atoms with E-state index in [1.165, 1.54) is 30.3 Å². The molecule has 0 amide bonds. The molecule has 1 aromatic carbocycles. The first-order chi connectivity index (χ1) is 10.2. The minimum atomic E-state index is 0.775. The van der Waals surface area contributed by atoms with Crippen molar-refractivity contribution in [2.45, 2.75) is 33.1 Å². The van der Waals surface area contributed by atoms with Crippen LogP contribution in [0.5, 0.6) is 0 Å². The summed E-state index contributed by atoms with van der Waals surface area (Å²) in [6.45, 7) is 6.88. The molecule has 1 aliphatic rings. The van der Waals surface area contributed by atoms with Crippen molar-refractivity contribution in [1.29, 1.82) is 0 Å². The van der Waals surface area contributed by atoms with Crippen LogP contribution in [0.2, 0.25) is 0 Å². The largest absolute Gasteiger partial charge is 0.396 e. The Morgan fingerprint density at radius 1 is 1.19 bits per heavy atom. The van der Waals surface area contributed by atoms with Crippen molar-refractivity contribution in [2.24, 2.45) is 11.8 Å². The molecule has 3 heteroatoms. The van der Waals surface area contributed by atoms with E-state index in [-0.39, 0.29) is 0 Å². The van der Waals surface area contributed by atoms with Crippen molar-refractivity contribution >= 4 is 22.3 Å². The molecule has 1 aromatic heterocycles. The number of para-hydroxylation sites is 1. The van der Waals surface area contributed by atoms with Crippen molar-refractivity contribution in [1.82, 2.24) is 4.98 Å². The normalized spacial score (nSPS) is 20.0. The maximum absolute atomic E-state index is 6.26. The van der Waals surface area contributed by atoms with Gasteiger partial charge in [0.1, 0.15) is 0 Å². The van der Waals surface area contributed by atoms with E-state index in [2.05, 4.69) is 41.9 Å². The third kappa shape index (κ3) is 2.82. The number of nitrogen functional groups attached to an aromatic ring is 1. The summed E-state index contributed by atoms with van der Waals surface area (Å²) in [5.74, 6) is 1.61. The lowest BCUT2D eigenvalue weighted by Crippen LogP contribution is -2.25. The number of anilines is 2. The summed E-state index contributed by atoms with van der Waals surface area (Å²) in [4.78, 5) is 6.93. The second-order valence-corrected chi connectivity index (χ2v) is 6.50. The Bertz CT molecular complexity index is 621. The van der Waals surface area contributed by atoms with Gasteiger partial charge in [0, 0.05) is 18.5 Å². The molecule has 0 bridgehead atoms. The maximum Gasteiger partial charge on any atom is 0.0745 e. The summed E-state index contributed by atoms with van der Waals surface area (Å²) in [6.07, 6.45) is 5.65. The van der Waals surface area contributed by atoms with Gasteiger partial charge in [-0.15, -0.1) is 0 Å². The van der Waals surface area contributed by atoms with E-state index in [1.54, 1.807) is 0 Å². The first-order valence-corrected chi connectivity index (χ1v) is 8.05. The highest BCUT2D eigenvalue weighted by Gasteiger charge is 2.22. The fraction of sp³-hybridized carbons (Fsp3) is 0.500. The summed E-state index contributed by atoms with van der Waals surface area (Å²) >= 11 is 0. The van der Waals surface area contributed by atoms with E-state index in [1.807, 2.05) is 12.3 Å². The highest BCUT2D eigenvalue weighted by Crippen LogP contribution is 2.34. The molecular formula is C18H25N3. The predicted molar refractivity (Wildman–Crippen MR) is 90.5 cm³/mol. The van der Waals surface area contributed by atoms with Gasteiger partial charge >= 0.3 is 0 Å². The molecule has 0 aliphatic carbocycles. The number of nitrogens with two attached hydrogens (primary N) is 1. The van der Waals surface area contributed by atoms with Gasteiger partial charge in [-0.05, 0) is 37.2 Å². The molecule has 0 saturated carbocycles. The van der Waals surface area contributed by atoms with Gasteiger partial charge < -0.3 is 10.6 Å². The van der Waals surface area contributed by atoms with Gasteiger partial charge in [-0.3, -0.25) is 4.98 Å². The summed E-state index contributed by atoms with van der Waals surface area (Å²) in [5, 5.41) is 1.18. The van der Waals surface area contributed by atoms with Crippen molar-refractivity contribution in [3.8, 4) is 0 Å². The zero-order valence-corrected chi connectivity index (χ0v) is 13.0. The summed E-state index contributed by atoms with van der Waals surface area (Å²) in [5.41, 5.74) is 9.28. The van der Waals surface area contributed by atoms with Crippen LogP contribution in [0.3, 0.4) is 0 Å². The molecule has 1 saturated heterocycles. The van der Waals surface area contributed by atoms with Gasteiger partial charge in [0.2, 0.25) is 0 Å². The van der Waals surface area contributed by atoms with Crippen LogP contribution in [0.1, 0.15) is 33.1 Å². The van der Waals surface area contributed by atoms with Crippen LogP contribution in [-0.4, -0.2) is 18.1 Å². The van der Waals surface area contributed by atoms with Gasteiger partial charge in [-0.2, -0.15) is 0 Å². The second kappa shape index (κ2) is 5.92. The minimum Gasteiger partial charge on any atom is -0.396 e. The molecule has 1 atom stereocenters. The van der Waals surface area contributed by atoms with E-state index in [0.29, 0.717) is 0 Å². The average Bonchev–Trinajstić information content (AvgIpc) is 2.73. The van der Waals surface area contributed by atoms with Crippen LogP contribution < -0.4 is 10.6 Å². The third-order valence-corrected chi connectivity index (χ3v) is 4.81. The molecule has 1 unspecified atom stereocenters. The number of rotatable bonds is 2. The number of hydrogen-bond acceptors (Lipinski definition) is 3. The second-order valence-electron chi connectivity index (χ2n) is 6.50. The van der Waals surface area contributed by atoms with Gasteiger partial charge in [0.25, 0.3) is 0 Å². The Kier molecular flexibility index (Phi) is 4.00. The molecule has 3 nitrogen and oxygen atoms in total. The van der Waals surface area contributed by atoms with E-state index >= 15 is 0 Å². The quantitative estimate of drug-likeness (QED) is 0.903. The Labute approximate surface area is 127 Å². The number of hydrogen-bond donors (Lipinski definition) is 1. The monoisotopic (exact) mass is 283 g/mol. The summed E-state index contributed by atoms with van der Waals surface area (Å²) < 4.78 is 0. The molecule has 0 spiro atoms. The van der Waals surface area contributed by atoms with Crippen LogP contribution >= 0.6 is 0 Å². The first-order valence-electron chi connectivity index (χ1n) is 8.05. The minimum absolute atomic E-state index is 0.775. The molecule has 2 N–H and O–H groups in total. The fourth-order valence-electron chi connectivity index (χ4n) is 3.51. The molecule has 0 radical (unpaired) electrons. The summed E-state index contributed by atoms with van der Waals surface area (Å²) in [7, 11) is 0. The van der Waals surface area contributed by atoms with Gasteiger partial charge in [0.05, 0.1) is 23.1 Å². The third-order valence-electron chi connectivity index (χ3n) is 4.81. The molecule has 2 heterocycles. The van der Waals surface area contributed by atoms with Crippen molar-refractivity contribution in [2.75, 3.05) is 23.7 Å². The Hall–Kier alpha value is -1.77. The number of nitrogens with zero attached hydrogens (tertiary/aromatic N) is 2. The zero-order valence-electron chi connectivity index (χ0n) is 13.0. The smallest absolute Gasteiger partial charge is 0.0745 e. The van der Waals surface area contributed by atoms with E-state index < -0.39 is 0 Å². The standard InChI is InChI=1S/C18H25N3/c1-13(2)14-6-5-10-21(11-9-14)18-15-7-3-4-8-17(15)20-12-16(18)19/h3-4,7-8,12-14H,5-6,9-11,19H2,1-2H3. The zero-order chi connectivity index (χ0) is 14.8. The van der Waals surface area contributed by atoms with Crippen molar-refractivity contribution in [3.63, 3.8) is 0 Å². The number of aromatic nitrogens is 1. The number of pyridine rings is 1. The van der Waals surface area contributed by atoms with Crippen LogP contribution in [0.15, 0.2) is 30.5 Å². The van der Waals surface area contributed by atoms with Crippen LogP contribution in [0, 0.1) is 11.8 Å². The SMILES string of the molecule is CC(C)C1CCCN(c2c(N)cnc3ccccc23)CC1. The number of fused-ring (bicyclic) bond motifs is 1. The summed E-state index contributed by atoms with van der Waals surface area (Å²) in [6, 6.07) is 8.31. The predicted octanol–water partition coefficient (Wildman–Crippen LogP) is 4.08. The van der Waals surface area contributed by atoms with Crippen LogP contribution in [-0.2, 0) is 0 Å². The maximum atomic E-state index is 6.26. The Morgan fingerprint density at radius 2 is 2.00 bits per heavy atom. The Balaban J connectivity index is 1.95. The lowest BCUT2D eigenvalue weighted by Gasteiger charge is -2.26. The van der Waals surface area contributed by atoms with Gasteiger partial charge in [-0.25, -0.2) is 0 Å². The topological polar surface area (TPSA) is 42.1 Å². The highest BCUT2D eigenvalue weighted by atomic mass is 15.1. The molecular weight excluding hydrogens is 258 g/mol. The van der Waals surface area contributed by atoms with E-state index in [4.69, 9.17) is 5.73 Å². The lowest BCUT2D eigenvalue weighted by atomic mass is 9.89. The average molecular weight is 283 g/mol.